The fourth-order valence-corrected chi connectivity index (χ4v) is 1.65. The maximum Gasteiger partial charge on any atom is 0.172 e. The lowest BCUT2D eigenvalue weighted by Gasteiger charge is -2.05. The highest BCUT2D eigenvalue weighted by Gasteiger charge is 2.20. The van der Waals surface area contributed by atoms with E-state index in [0.29, 0.717) is 29.4 Å². The van der Waals surface area contributed by atoms with Crippen LogP contribution in [0, 0.1) is 0 Å². The first-order chi connectivity index (χ1) is 7.20. The van der Waals surface area contributed by atoms with Gasteiger partial charge in [0.25, 0.3) is 0 Å². The van der Waals surface area contributed by atoms with Gasteiger partial charge in [0.05, 0.1) is 17.7 Å². The van der Waals surface area contributed by atoms with Crippen molar-refractivity contribution in [3.8, 4) is 5.75 Å². The standard InChI is InChI=1S/C11H10ClNO2/c1-13-8-5-10(14)9-4-7(12)2-3-11(9)15-6-8/h2-4H,5-6H2,1H3. The summed E-state index contributed by atoms with van der Waals surface area (Å²) in [7, 11) is 1.66. The van der Waals surface area contributed by atoms with Gasteiger partial charge in [-0.15, -0.1) is 0 Å². The van der Waals surface area contributed by atoms with Gasteiger partial charge in [0.1, 0.15) is 12.4 Å². The quantitative estimate of drug-likeness (QED) is 0.677. The molecule has 0 amide bonds. The number of nitrogens with zero attached hydrogens (tertiary/aromatic N) is 1. The number of benzene rings is 1. The number of ether oxygens (including phenoxy) is 1. The van der Waals surface area contributed by atoms with Crippen LogP contribution in [0.25, 0.3) is 0 Å². The van der Waals surface area contributed by atoms with Gasteiger partial charge in [-0.1, -0.05) is 11.6 Å². The highest BCUT2D eigenvalue weighted by Crippen LogP contribution is 2.26. The van der Waals surface area contributed by atoms with Gasteiger partial charge in [-0.25, -0.2) is 0 Å². The molecule has 0 saturated heterocycles. The van der Waals surface area contributed by atoms with E-state index >= 15 is 0 Å². The third kappa shape index (κ3) is 2.02. The second-order valence-electron chi connectivity index (χ2n) is 3.32. The Hall–Kier alpha value is -1.35. The second kappa shape index (κ2) is 4.03. The van der Waals surface area contributed by atoms with E-state index in [1.54, 1.807) is 25.2 Å². The summed E-state index contributed by atoms with van der Waals surface area (Å²) >= 11 is 5.83. The largest absolute Gasteiger partial charge is 0.487 e. The summed E-state index contributed by atoms with van der Waals surface area (Å²) in [5.74, 6) is 0.591. The zero-order valence-corrected chi connectivity index (χ0v) is 9.04. The highest BCUT2D eigenvalue weighted by atomic mass is 35.5. The number of Topliss-reactive ketones (excluding diaryl/α,β-unsaturated/α-hetero) is 1. The molecule has 1 heterocycles. The van der Waals surface area contributed by atoms with E-state index in [1.165, 1.54) is 0 Å². The van der Waals surface area contributed by atoms with Gasteiger partial charge >= 0.3 is 0 Å². The Bertz CT molecular complexity index is 440. The number of aliphatic imine (C=N–C) groups is 1. The van der Waals surface area contributed by atoms with Crippen molar-refractivity contribution >= 4 is 23.1 Å². The number of fused-ring (bicyclic) bond motifs is 1. The lowest BCUT2D eigenvalue weighted by molar-refractivity contribution is 0.100. The molecule has 0 spiro atoms. The number of rotatable bonds is 0. The molecule has 4 heteroatoms. The van der Waals surface area contributed by atoms with Gasteiger partial charge in [-0.3, -0.25) is 9.79 Å². The topological polar surface area (TPSA) is 38.7 Å². The third-order valence-electron chi connectivity index (χ3n) is 2.32. The lowest BCUT2D eigenvalue weighted by Crippen LogP contribution is -2.11. The molecule has 0 aliphatic carbocycles. The first-order valence-electron chi connectivity index (χ1n) is 4.61. The van der Waals surface area contributed by atoms with Crippen molar-refractivity contribution in [2.45, 2.75) is 6.42 Å². The van der Waals surface area contributed by atoms with E-state index in [1.807, 2.05) is 0 Å². The Morgan fingerprint density at radius 1 is 1.47 bits per heavy atom. The van der Waals surface area contributed by atoms with Crippen LogP contribution in [0.1, 0.15) is 16.8 Å². The van der Waals surface area contributed by atoms with Crippen molar-refractivity contribution in [2.24, 2.45) is 4.99 Å². The average molecular weight is 224 g/mol. The Balaban J connectivity index is 2.44. The maximum atomic E-state index is 11.8. The molecule has 78 valence electrons. The molecule has 15 heavy (non-hydrogen) atoms. The summed E-state index contributed by atoms with van der Waals surface area (Å²) in [6.07, 6.45) is 0.309. The number of hydrogen-bond donors (Lipinski definition) is 0. The summed E-state index contributed by atoms with van der Waals surface area (Å²) in [5, 5.41) is 0.544. The van der Waals surface area contributed by atoms with Gasteiger partial charge in [-0.05, 0) is 18.2 Å². The van der Waals surface area contributed by atoms with Crippen LogP contribution >= 0.6 is 11.6 Å². The summed E-state index contributed by atoms with van der Waals surface area (Å²) in [4.78, 5) is 15.8. The number of carbonyl (C=O) groups is 1. The number of hydrogen-bond acceptors (Lipinski definition) is 3. The first-order valence-corrected chi connectivity index (χ1v) is 4.98. The molecule has 1 aliphatic heterocycles. The minimum Gasteiger partial charge on any atom is -0.487 e. The molecule has 0 radical (unpaired) electrons. The Morgan fingerprint density at radius 2 is 2.27 bits per heavy atom. The normalized spacial score (nSPS) is 18.3. The van der Waals surface area contributed by atoms with E-state index < -0.39 is 0 Å². The predicted molar refractivity (Wildman–Crippen MR) is 59.3 cm³/mol. The molecule has 2 rings (SSSR count). The van der Waals surface area contributed by atoms with Gasteiger partial charge in [0.2, 0.25) is 0 Å². The third-order valence-corrected chi connectivity index (χ3v) is 2.55. The fourth-order valence-electron chi connectivity index (χ4n) is 1.48. The molecule has 0 fully saturated rings. The van der Waals surface area contributed by atoms with Crippen LogP contribution in [0.3, 0.4) is 0 Å². The smallest absolute Gasteiger partial charge is 0.172 e. The minimum atomic E-state index is 0.00519. The molecular weight excluding hydrogens is 214 g/mol. The van der Waals surface area contributed by atoms with Crippen LogP contribution in [0.2, 0.25) is 5.02 Å². The van der Waals surface area contributed by atoms with Crippen LogP contribution < -0.4 is 4.74 Å². The number of ketones is 1. The molecule has 0 atom stereocenters. The van der Waals surface area contributed by atoms with Crippen molar-refractivity contribution in [3.05, 3.63) is 28.8 Å². The zero-order valence-electron chi connectivity index (χ0n) is 8.29. The Morgan fingerprint density at radius 3 is 3.00 bits per heavy atom. The van der Waals surface area contributed by atoms with Gasteiger partial charge in [0, 0.05) is 12.1 Å². The molecular formula is C11H10ClNO2. The predicted octanol–water partition coefficient (Wildman–Crippen LogP) is 2.38. The molecule has 0 aromatic heterocycles. The SMILES string of the molecule is CN=C1COc2ccc(Cl)cc2C(=O)C1. The highest BCUT2D eigenvalue weighted by molar-refractivity contribution is 6.31. The fraction of sp³-hybridized carbons (Fsp3) is 0.273. The monoisotopic (exact) mass is 223 g/mol. The minimum absolute atomic E-state index is 0.00519. The van der Waals surface area contributed by atoms with Crippen molar-refractivity contribution in [1.82, 2.24) is 0 Å². The zero-order chi connectivity index (χ0) is 10.8. The first kappa shape index (κ1) is 10.2. The van der Waals surface area contributed by atoms with Crippen LogP contribution in [0.5, 0.6) is 5.75 Å². The van der Waals surface area contributed by atoms with Crippen LogP contribution in [-0.2, 0) is 0 Å². The molecule has 0 bridgehead atoms. The van der Waals surface area contributed by atoms with E-state index in [9.17, 15) is 4.79 Å². The van der Waals surface area contributed by atoms with Gasteiger partial charge < -0.3 is 4.74 Å². The van der Waals surface area contributed by atoms with Crippen LogP contribution in [0.4, 0.5) is 0 Å². The van der Waals surface area contributed by atoms with Crippen LogP contribution in [-0.4, -0.2) is 25.1 Å². The van der Waals surface area contributed by atoms with Crippen molar-refractivity contribution in [3.63, 3.8) is 0 Å². The summed E-state index contributed by atoms with van der Waals surface area (Å²) in [6, 6.07) is 5.06. The Kier molecular flexibility index (Phi) is 2.73. The molecule has 3 nitrogen and oxygen atoms in total. The van der Waals surface area contributed by atoms with E-state index in [4.69, 9.17) is 16.3 Å². The summed E-state index contributed by atoms with van der Waals surface area (Å²) in [5.41, 5.74) is 1.30. The van der Waals surface area contributed by atoms with Gasteiger partial charge in [0.15, 0.2) is 5.78 Å². The molecule has 1 aliphatic rings. The number of halogens is 1. The second-order valence-corrected chi connectivity index (χ2v) is 3.76. The Labute approximate surface area is 92.7 Å². The molecule has 1 aromatic rings. The van der Waals surface area contributed by atoms with Gasteiger partial charge in [-0.2, -0.15) is 0 Å². The molecule has 0 saturated carbocycles. The van der Waals surface area contributed by atoms with Crippen LogP contribution in [0.15, 0.2) is 23.2 Å². The average Bonchev–Trinajstić information content (AvgIpc) is 2.39. The lowest BCUT2D eigenvalue weighted by atomic mass is 10.1. The number of carbonyl (C=O) groups excluding carboxylic acids is 1. The van der Waals surface area contributed by atoms with E-state index in [0.717, 1.165) is 5.71 Å². The maximum absolute atomic E-state index is 11.8. The molecule has 0 unspecified atom stereocenters. The molecule has 1 aromatic carbocycles. The summed E-state index contributed by atoms with van der Waals surface area (Å²) in [6.45, 7) is 0.372. The summed E-state index contributed by atoms with van der Waals surface area (Å²) < 4.78 is 5.47. The van der Waals surface area contributed by atoms with Crippen molar-refractivity contribution < 1.29 is 9.53 Å². The van der Waals surface area contributed by atoms with E-state index in [2.05, 4.69) is 4.99 Å². The van der Waals surface area contributed by atoms with Crippen molar-refractivity contribution in [2.75, 3.05) is 13.7 Å². The van der Waals surface area contributed by atoms with E-state index in [-0.39, 0.29) is 5.78 Å². The van der Waals surface area contributed by atoms with Crippen molar-refractivity contribution in [1.29, 1.82) is 0 Å². The molecule has 0 N–H and O–H groups in total.